The molecule has 66 valence electrons. The standard InChI is InChI=1S/C9H12BrNS/c10-8-3-4-12-9(8)7(5-11)6-1-2-6/h3-4,6-7H,1-2,5,11H2. The maximum Gasteiger partial charge on any atom is 0.0317 e. The van der Waals surface area contributed by atoms with Crippen LogP contribution in [-0.4, -0.2) is 6.54 Å². The lowest BCUT2D eigenvalue weighted by Crippen LogP contribution is -2.13. The zero-order valence-corrected chi connectivity index (χ0v) is 9.20. The van der Waals surface area contributed by atoms with Crippen molar-refractivity contribution in [3.05, 3.63) is 20.8 Å². The van der Waals surface area contributed by atoms with Gasteiger partial charge < -0.3 is 5.73 Å². The first-order valence-electron chi connectivity index (χ1n) is 4.26. The van der Waals surface area contributed by atoms with E-state index in [1.54, 1.807) is 0 Å². The number of nitrogens with two attached hydrogens (primary N) is 1. The molecule has 0 aliphatic heterocycles. The van der Waals surface area contributed by atoms with Gasteiger partial charge in [-0.3, -0.25) is 0 Å². The van der Waals surface area contributed by atoms with Crippen LogP contribution in [0.1, 0.15) is 23.6 Å². The summed E-state index contributed by atoms with van der Waals surface area (Å²) in [6.07, 6.45) is 2.73. The lowest BCUT2D eigenvalue weighted by atomic mass is 10.0. The van der Waals surface area contributed by atoms with Crippen LogP contribution < -0.4 is 5.73 Å². The van der Waals surface area contributed by atoms with E-state index in [9.17, 15) is 0 Å². The molecule has 0 aromatic carbocycles. The molecule has 1 unspecified atom stereocenters. The van der Waals surface area contributed by atoms with E-state index in [0.29, 0.717) is 5.92 Å². The minimum Gasteiger partial charge on any atom is -0.330 e. The number of rotatable bonds is 3. The normalized spacial score (nSPS) is 19.5. The predicted molar refractivity (Wildman–Crippen MR) is 56.5 cm³/mol. The number of hydrogen-bond donors (Lipinski definition) is 1. The van der Waals surface area contributed by atoms with E-state index >= 15 is 0 Å². The fourth-order valence-electron chi connectivity index (χ4n) is 1.58. The fraction of sp³-hybridized carbons (Fsp3) is 0.556. The van der Waals surface area contributed by atoms with Gasteiger partial charge in [-0.15, -0.1) is 11.3 Å². The highest BCUT2D eigenvalue weighted by Gasteiger charge is 2.32. The average molecular weight is 246 g/mol. The summed E-state index contributed by atoms with van der Waals surface area (Å²) in [5.41, 5.74) is 5.76. The molecular weight excluding hydrogens is 234 g/mol. The van der Waals surface area contributed by atoms with Crippen molar-refractivity contribution in [3.8, 4) is 0 Å². The van der Waals surface area contributed by atoms with E-state index in [4.69, 9.17) is 5.73 Å². The van der Waals surface area contributed by atoms with Gasteiger partial charge in [0.2, 0.25) is 0 Å². The maximum absolute atomic E-state index is 5.76. The SMILES string of the molecule is NCC(c1sccc1Br)C1CC1. The van der Waals surface area contributed by atoms with Crippen LogP contribution in [0.4, 0.5) is 0 Å². The molecule has 12 heavy (non-hydrogen) atoms. The second-order valence-electron chi connectivity index (χ2n) is 3.31. The van der Waals surface area contributed by atoms with E-state index in [0.717, 1.165) is 12.5 Å². The van der Waals surface area contributed by atoms with E-state index in [2.05, 4.69) is 27.4 Å². The molecule has 1 aromatic rings. The molecule has 2 N–H and O–H groups in total. The van der Waals surface area contributed by atoms with E-state index < -0.39 is 0 Å². The second-order valence-corrected chi connectivity index (χ2v) is 5.11. The largest absolute Gasteiger partial charge is 0.330 e. The molecule has 1 aliphatic carbocycles. The van der Waals surface area contributed by atoms with Gasteiger partial charge in [0.25, 0.3) is 0 Å². The van der Waals surface area contributed by atoms with Crippen molar-refractivity contribution in [2.75, 3.05) is 6.54 Å². The van der Waals surface area contributed by atoms with Crippen LogP contribution in [-0.2, 0) is 0 Å². The van der Waals surface area contributed by atoms with Gasteiger partial charge in [0.05, 0.1) is 0 Å². The molecule has 0 radical (unpaired) electrons. The summed E-state index contributed by atoms with van der Waals surface area (Å²) in [7, 11) is 0. The number of thiophene rings is 1. The van der Waals surface area contributed by atoms with Crippen LogP contribution in [0.5, 0.6) is 0 Å². The molecule has 1 fully saturated rings. The van der Waals surface area contributed by atoms with Gasteiger partial charge in [-0.05, 0) is 46.1 Å². The van der Waals surface area contributed by atoms with Crippen LogP contribution in [0.2, 0.25) is 0 Å². The van der Waals surface area contributed by atoms with E-state index in [1.165, 1.54) is 22.2 Å². The van der Waals surface area contributed by atoms with Crippen LogP contribution >= 0.6 is 27.3 Å². The molecule has 0 saturated heterocycles. The molecular formula is C9H12BrNS. The third kappa shape index (κ3) is 1.58. The highest BCUT2D eigenvalue weighted by atomic mass is 79.9. The summed E-state index contributed by atoms with van der Waals surface area (Å²) >= 11 is 5.38. The highest BCUT2D eigenvalue weighted by molar-refractivity contribution is 9.10. The van der Waals surface area contributed by atoms with E-state index in [1.807, 2.05) is 11.3 Å². The average Bonchev–Trinajstić information content (AvgIpc) is 2.80. The van der Waals surface area contributed by atoms with Crippen molar-refractivity contribution < 1.29 is 0 Å². The minimum atomic E-state index is 0.611. The lowest BCUT2D eigenvalue weighted by Gasteiger charge is -2.11. The quantitative estimate of drug-likeness (QED) is 0.871. The Balaban J connectivity index is 2.20. The Labute approximate surface area is 85.1 Å². The summed E-state index contributed by atoms with van der Waals surface area (Å²) in [5.74, 6) is 1.48. The van der Waals surface area contributed by atoms with Gasteiger partial charge in [-0.1, -0.05) is 0 Å². The Morgan fingerprint density at radius 1 is 1.67 bits per heavy atom. The third-order valence-corrected chi connectivity index (χ3v) is 4.43. The Morgan fingerprint density at radius 3 is 2.83 bits per heavy atom. The summed E-state index contributed by atoms with van der Waals surface area (Å²) in [6.45, 7) is 0.795. The fourth-order valence-corrected chi connectivity index (χ4v) is 3.46. The third-order valence-electron chi connectivity index (χ3n) is 2.43. The van der Waals surface area contributed by atoms with Gasteiger partial charge in [-0.2, -0.15) is 0 Å². The maximum atomic E-state index is 5.76. The van der Waals surface area contributed by atoms with Crippen molar-refractivity contribution in [2.24, 2.45) is 11.7 Å². The Bertz CT molecular complexity index is 267. The van der Waals surface area contributed by atoms with Crippen LogP contribution in [0.15, 0.2) is 15.9 Å². The van der Waals surface area contributed by atoms with Crippen molar-refractivity contribution >= 4 is 27.3 Å². The molecule has 1 atom stereocenters. The number of hydrogen-bond acceptors (Lipinski definition) is 2. The molecule has 0 amide bonds. The molecule has 1 aromatic heterocycles. The summed E-state index contributed by atoms with van der Waals surface area (Å²) in [4.78, 5) is 1.44. The molecule has 0 spiro atoms. The molecule has 1 aliphatic rings. The van der Waals surface area contributed by atoms with Gasteiger partial charge in [0, 0.05) is 21.8 Å². The van der Waals surface area contributed by atoms with Gasteiger partial charge in [-0.25, -0.2) is 0 Å². The summed E-state index contributed by atoms with van der Waals surface area (Å²) in [5, 5.41) is 2.13. The lowest BCUT2D eigenvalue weighted by molar-refractivity contribution is 0.624. The Kier molecular flexibility index (Phi) is 2.53. The smallest absolute Gasteiger partial charge is 0.0317 e. The first-order valence-corrected chi connectivity index (χ1v) is 5.93. The van der Waals surface area contributed by atoms with Gasteiger partial charge in [0.1, 0.15) is 0 Å². The summed E-state index contributed by atoms with van der Waals surface area (Å²) < 4.78 is 1.25. The monoisotopic (exact) mass is 245 g/mol. The Morgan fingerprint density at radius 2 is 2.42 bits per heavy atom. The predicted octanol–water partition coefficient (Wildman–Crippen LogP) is 2.96. The van der Waals surface area contributed by atoms with Crippen molar-refractivity contribution in [2.45, 2.75) is 18.8 Å². The zero-order valence-electron chi connectivity index (χ0n) is 6.79. The minimum absolute atomic E-state index is 0.611. The molecule has 1 nitrogen and oxygen atoms in total. The summed E-state index contributed by atoms with van der Waals surface area (Å²) in [6, 6.07) is 2.12. The molecule has 0 bridgehead atoms. The van der Waals surface area contributed by atoms with Crippen LogP contribution in [0.3, 0.4) is 0 Å². The topological polar surface area (TPSA) is 26.0 Å². The van der Waals surface area contributed by atoms with Gasteiger partial charge in [0.15, 0.2) is 0 Å². The molecule has 1 saturated carbocycles. The van der Waals surface area contributed by atoms with Crippen LogP contribution in [0, 0.1) is 5.92 Å². The first kappa shape index (κ1) is 8.73. The van der Waals surface area contributed by atoms with Crippen molar-refractivity contribution in [1.29, 1.82) is 0 Å². The first-order chi connectivity index (χ1) is 5.83. The van der Waals surface area contributed by atoms with Crippen LogP contribution in [0.25, 0.3) is 0 Å². The number of halogens is 1. The highest BCUT2D eigenvalue weighted by Crippen LogP contribution is 2.45. The second kappa shape index (κ2) is 3.48. The molecule has 1 heterocycles. The molecule has 3 heteroatoms. The molecule has 2 rings (SSSR count). The zero-order chi connectivity index (χ0) is 8.55. The van der Waals surface area contributed by atoms with Crippen molar-refractivity contribution in [1.82, 2.24) is 0 Å². The van der Waals surface area contributed by atoms with Crippen molar-refractivity contribution in [3.63, 3.8) is 0 Å². The van der Waals surface area contributed by atoms with Gasteiger partial charge >= 0.3 is 0 Å². The Hall–Kier alpha value is 0.140. The van der Waals surface area contributed by atoms with E-state index in [-0.39, 0.29) is 0 Å².